The quantitative estimate of drug-likeness (QED) is 0.621. The molecule has 2 aromatic carbocycles. The molecule has 4 rings (SSSR count). The molecule has 1 heterocycles. The minimum atomic E-state index is -0.280. The number of allylic oxidation sites excluding steroid dienone is 2. The number of ether oxygens (including phenoxy) is 3. The van der Waals surface area contributed by atoms with Crippen molar-refractivity contribution in [3.8, 4) is 17.2 Å². The van der Waals surface area contributed by atoms with Gasteiger partial charge in [-0.15, -0.1) is 0 Å². The van der Waals surface area contributed by atoms with Crippen molar-refractivity contribution in [2.75, 3.05) is 19.8 Å². The number of Topliss-reactive ketones (excluding diaryl/α,β-unsaturated/α-hetero) is 1. The lowest BCUT2D eigenvalue weighted by Crippen LogP contribution is -2.38. The number of carbonyl (C=O) groups excluding carboxylic acids is 2. The molecule has 0 aromatic heterocycles. The van der Waals surface area contributed by atoms with Crippen LogP contribution in [0, 0.1) is 0 Å². The number of amides is 1. The van der Waals surface area contributed by atoms with Gasteiger partial charge in [0.2, 0.25) is 5.91 Å². The van der Waals surface area contributed by atoms with Crippen molar-refractivity contribution in [3.63, 3.8) is 0 Å². The Hall–Kier alpha value is -3.28. The fourth-order valence-electron chi connectivity index (χ4n) is 4.77. The maximum absolute atomic E-state index is 13.4. The number of nitrogens with one attached hydrogen (secondary N) is 1. The summed E-state index contributed by atoms with van der Waals surface area (Å²) in [5.41, 5.74) is 3.45. The molecule has 0 saturated heterocycles. The largest absolute Gasteiger partial charge is 0.494 e. The Morgan fingerprint density at radius 2 is 1.45 bits per heavy atom. The van der Waals surface area contributed by atoms with Crippen molar-refractivity contribution in [1.29, 1.82) is 0 Å². The molecule has 1 N–H and O–H groups in total. The van der Waals surface area contributed by atoms with Gasteiger partial charge >= 0.3 is 0 Å². The van der Waals surface area contributed by atoms with Gasteiger partial charge in [0.15, 0.2) is 17.3 Å². The Morgan fingerprint density at radius 1 is 0.788 bits per heavy atom. The molecule has 0 saturated carbocycles. The van der Waals surface area contributed by atoms with Crippen LogP contribution in [0.4, 0.5) is 0 Å². The third kappa shape index (κ3) is 4.90. The summed E-state index contributed by atoms with van der Waals surface area (Å²) in [5, 5.41) is 2.99. The van der Waals surface area contributed by atoms with Crippen molar-refractivity contribution in [2.24, 2.45) is 0 Å². The molecule has 0 radical (unpaired) electrons. The van der Waals surface area contributed by atoms with Crippen LogP contribution in [0.2, 0.25) is 0 Å². The monoisotopic (exact) mass is 449 g/mol. The molecular weight excluding hydrogens is 418 g/mol. The van der Waals surface area contributed by atoms with E-state index >= 15 is 0 Å². The van der Waals surface area contributed by atoms with Crippen molar-refractivity contribution in [1.82, 2.24) is 5.32 Å². The Morgan fingerprint density at radius 3 is 2.15 bits per heavy atom. The van der Waals surface area contributed by atoms with Gasteiger partial charge in [0, 0.05) is 30.0 Å². The lowest BCUT2D eigenvalue weighted by Gasteiger charge is -2.34. The van der Waals surface area contributed by atoms with Crippen LogP contribution in [0.3, 0.4) is 0 Å². The zero-order chi connectivity index (χ0) is 23.4. The second kappa shape index (κ2) is 10.1. The van der Waals surface area contributed by atoms with E-state index in [9.17, 15) is 9.59 Å². The lowest BCUT2D eigenvalue weighted by atomic mass is 9.73. The molecule has 2 aromatic rings. The molecule has 174 valence electrons. The summed E-state index contributed by atoms with van der Waals surface area (Å²) in [4.78, 5) is 26.0. The van der Waals surface area contributed by atoms with Crippen molar-refractivity contribution in [3.05, 3.63) is 64.9 Å². The van der Waals surface area contributed by atoms with E-state index in [0.717, 1.165) is 28.1 Å². The van der Waals surface area contributed by atoms with Crippen LogP contribution in [-0.4, -0.2) is 31.5 Å². The number of benzene rings is 2. The van der Waals surface area contributed by atoms with E-state index in [1.165, 1.54) is 0 Å². The highest BCUT2D eigenvalue weighted by Gasteiger charge is 2.38. The highest BCUT2D eigenvalue weighted by Crippen LogP contribution is 2.44. The fraction of sp³-hybridized carbons (Fsp3) is 0.407. The highest BCUT2D eigenvalue weighted by atomic mass is 16.5. The number of hydrogen-bond acceptors (Lipinski definition) is 5. The molecule has 6 nitrogen and oxygen atoms in total. The summed E-state index contributed by atoms with van der Waals surface area (Å²) < 4.78 is 17.0. The second-order valence-electron chi connectivity index (χ2n) is 8.30. The predicted molar refractivity (Wildman–Crippen MR) is 126 cm³/mol. The van der Waals surface area contributed by atoms with Gasteiger partial charge in [0.05, 0.1) is 19.8 Å². The molecule has 0 bridgehead atoms. The lowest BCUT2D eigenvalue weighted by molar-refractivity contribution is -0.122. The SMILES string of the molecule is CCOc1ccc([C@H]2CC(=O)C3=C(C2)NC(=O)C[C@H]3c2ccc(OCC)c(OCC)c2)cc1. The van der Waals surface area contributed by atoms with Gasteiger partial charge in [-0.3, -0.25) is 9.59 Å². The Labute approximate surface area is 194 Å². The average Bonchev–Trinajstić information content (AvgIpc) is 2.80. The van der Waals surface area contributed by atoms with Crippen LogP contribution < -0.4 is 19.5 Å². The van der Waals surface area contributed by atoms with E-state index in [0.29, 0.717) is 44.2 Å². The second-order valence-corrected chi connectivity index (χ2v) is 8.30. The molecule has 6 heteroatoms. The van der Waals surface area contributed by atoms with E-state index in [-0.39, 0.29) is 29.9 Å². The van der Waals surface area contributed by atoms with Crippen molar-refractivity contribution >= 4 is 11.7 Å². The molecule has 33 heavy (non-hydrogen) atoms. The number of ketones is 1. The number of rotatable bonds is 8. The molecule has 1 aliphatic heterocycles. The zero-order valence-electron chi connectivity index (χ0n) is 19.5. The molecule has 0 fully saturated rings. The highest BCUT2D eigenvalue weighted by molar-refractivity contribution is 6.02. The first-order valence-electron chi connectivity index (χ1n) is 11.7. The van der Waals surface area contributed by atoms with Crippen molar-refractivity contribution in [2.45, 2.75) is 51.9 Å². The van der Waals surface area contributed by atoms with E-state index in [4.69, 9.17) is 14.2 Å². The van der Waals surface area contributed by atoms with Crippen LogP contribution >= 0.6 is 0 Å². The summed E-state index contributed by atoms with van der Waals surface area (Å²) in [6.45, 7) is 7.45. The van der Waals surface area contributed by atoms with E-state index in [1.807, 2.05) is 63.2 Å². The summed E-state index contributed by atoms with van der Waals surface area (Å²) in [7, 11) is 0. The molecular formula is C27H31NO5. The summed E-state index contributed by atoms with van der Waals surface area (Å²) in [6.07, 6.45) is 1.30. The Bertz CT molecular complexity index is 1060. The first-order valence-corrected chi connectivity index (χ1v) is 11.7. The smallest absolute Gasteiger partial charge is 0.225 e. The maximum atomic E-state index is 13.4. The predicted octanol–water partition coefficient (Wildman–Crippen LogP) is 4.89. The van der Waals surface area contributed by atoms with Gasteiger partial charge in [-0.25, -0.2) is 0 Å². The normalized spacial score (nSPS) is 20.2. The van der Waals surface area contributed by atoms with Crippen molar-refractivity contribution < 1.29 is 23.8 Å². The topological polar surface area (TPSA) is 73.9 Å². The van der Waals surface area contributed by atoms with Crippen LogP contribution in [0.1, 0.15) is 63.0 Å². The number of carbonyl (C=O) groups is 2. The number of hydrogen-bond donors (Lipinski definition) is 1. The molecule has 2 atom stereocenters. The molecule has 0 unspecified atom stereocenters. The van der Waals surface area contributed by atoms with Crippen LogP contribution in [-0.2, 0) is 9.59 Å². The minimum Gasteiger partial charge on any atom is -0.494 e. The van der Waals surface area contributed by atoms with Gasteiger partial charge in [0.1, 0.15) is 5.75 Å². The minimum absolute atomic E-state index is 0.0327. The van der Waals surface area contributed by atoms with E-state index in [1.54, 1.807) is 0 Å². The molecule has 0 spiro atoms. The van der Waals surface area contributed by atoms with Gasteiger partial charge in [-0.1, -0.05) is 18.2 Å². The molecule has 1 aliphatic carbocycles. The zero-order valence-corrected chi connectivity index (χ0v) is 19.5. The third-order valence-corrected chi connectivity index (χ3v) is 6.17. The standard InChI is InChI=1S/C27H31NO5/c1-4-31-20-10-7-17(8-11-20)19-13-22-27(23(29)14-19)21(16-26(30)28-22)18-9-12-24(32-5-2)25(15-18)33-6-3/h7-12,15,19,21H,4-6,13-14,16H2,1-3H3,(H,28,30)/t19-,21+/m1/s1. The van der Waals surface area contributed by atoms with E-state index < -0.39 is 0 Å². The van der Waals surface area contributed by atoms with E-state index in [2.05, 4.69) is 5.32 Å². The molecule has 1 amide bonds. The first kappa shape index (κ1) is 22.9. The summed E-state index contributed by atoms with van der Waals surface area (Å²) in [5.74, 6) is 1.90. The summed E-state index contributed by atoms with van der Waals surface area (Å²) >= 11 is 0. The maximum Gasteiger partial charge on any atom is 0.225 e. The average molecular weight is 450 g/mol. The Kier molecular flexibility index (Phi) is 7.02. The Balaban J connectivity index is 1.64. The van der Waals surface area contributed by atoms with Crippen LogP contribution in [0.15, 0.2) is 53.7 Å². The van der Waals surface area contributed by atoms with Crippen LogP contribution in [0.5, 0.6) is 17.2 Å². The van der Waals surface area contributed by atoms with Gasteiger partial charge in [-0.2, -0.15) is 0 Å². The van der Waals surface area contributed by atoms with Gasteiger partial charge in [-0.05, 0) is 68.5 Å². The first-order chi connectivity index (χ1) is 16.0. The van der Waals surface area contributed by atoms with Crippen LogP contribution in [0.25, 0.3) is 0 Å². The fourth-order valence-corrected chi connectivity index (χ4v) is 4.77. The van der Waals surface area contributed by atoms with Gasteiger partial charge < -0.3 is 19.5 Å². The summed E-state index contributed by atoms with van der Waals surface area (Å²) in [6, 6.07) is 13.6. The molecule has 2 aliphatic rings. The van der Waals surface area contributed by atoms with Gasteiger partial charge in [0.25, 0.3) is 0 Å². The third-order valence-electron chi connectivity index (χ3n) is 6.17.